The van der Waals surface area contributed by atoms with E-state index in [9.17, 15) is 0 Å². The molecule has 0 fully saturated rings. The van der Waals surface area contributed by atoms with Crippen LogP contribution in [0, 0.1) is 0 Å². The molecule has 0 spiro atoms. The first-order chi connectivity index (χ1) is 7.85. The molecule has 1 atom stereocenters. The molecule has 0 aromatic heterocycles. The fraction of sp³-hybridized carbons (Fsp3) is 0.571. The van der Waals surface area contributed by atoms with E-state index in [1.165, 1.54) is 32.5 Å². The minimum absolute atomic E-state index is 0.784. The SMILES string of the molecule is CCN(CCCBr)CC1Cc2ccccc21. The van der Waals surface area contributed by atoms with Crippen molar-refractivity contribution in [1.82, 2.24) is 4.90 Å². The molecule has 0 heterocycles. The van der Waals surface area contributed by atoms with Crippen LogP contribution in [0.5, 0.6) is 0 Å². The Bertz CT molecular complexity index is 337. The predicted molar refractivity (Wildman–Crippen MR) is 73.4 cm³/mol. The van der Waals surface area contributed by atoms with Crippen LogP contribution in [0.25, 0.3) is 0 Å². The van der Waals surface area contributed by atoms with Crippen molar-refractivity contribution in [3.8, 4) is 0 Å². The zero-order valence-electron chi connectivity index (χ0n) is 9.95. The number of benzene rings is 1. The Balaban J connectivity index is 1.87. The van der Waals surface area contributed by atoms with E-state index in [-0.39, 0.29) is 0 Å². The van der Waals surface area contributed by atoms with E-state index in [0.29, 0.717) is 0 Å². The Kier molecular flexibility index (Phi) is 4.42. The van der Waals surface area contributed by atoms with Gasteiger partial charge in [0.05, 0.1) is 0 Å². The summed E-state index contributed by atoms with van der Waals surface area (Å²) in [6.45, 7) is 5.89. The molecule has 0 radical (unpaired) electrons. The first-order valence-corrected chi connectivity index (χ1v) is 7.33. The Morgan fingerprint density at radius 2 is 2.19 bits per heavy atom. The number of halogens is 1. The Morgan fingerprint density at radius 1 is 1.38 bits per heavy atom. The lowest BCUT2D eigenvalue weighted by atomic mass is 9.77. The van der Waals surface area contributed by atoms with E-state index in [0.717, 1.165) is 11.2 Å². The summed E-state index contributed by atoms with van der Waals surface area (Å²) in [6.07, 6.45) is 2.53. The molecule has 1 unspecified atom stereocenters. The highest BCUT2D eigenvalue weighted by atomic mass is 79.9. The van der Waals surface area contributed by atoms with Gasteiger partial charge in [0.1, 0.15) is 0 Å². The first kappa shape index (κ1) is 12.1. The van der Waals surface area contributed by atoms with Gasteiger partial charge in [-0.2, -0.15) is 0 Å². The molecule has 1 aromatic rings. The Hall–Kier alpha value is -0.340. The standard InChI is InChI=1S/C14H20BrN/c1-2-16(9-5-8-15)11-13-10-12-6-3-4-7-14(12)13/h3-4,6-7,13H,2,5,8-11H2,1H3. The number of likely N-dealkylation sites (N-methyl/N-ethyl adjacent to an activating group) is 1. The smallest absolute Gasteiger partial charge is 0.00535 e. The molecule has 1 nitrogen and oxygen atoms in total. The summed E-state index contributed by atoms with van der Waals surface area (Å²) in [5.74, 6) is 0.784. The topological polar surface area (TPSA) is 3.24 Å². The minimum Gasteiger partial charge on any atom is -0.303 e. The van der Waals surface area contributed by atoms with Crippen molar-refractivity contribution in [3.05, 3.63) is 35.4 Å². The van der Waals surface area contributed by atoms with Gasteiger partial charge in [0.2, 0.25) is 0 Å². The van der Waals surface area contributed by atoms with Crippen molar-refractivity contribution < 1.29 is 0 Å². The van der Waals surface area contributed by atoms with Crippen molar-refractivity contribution >= 4 is 15.9 Å². The lowest BCUT2D eigenvalue weighted by molar-refractivity contribution is 0.261. The molecule has 0 saturated carbocycles. The van der Waals surface area contributed by atoms with Crippen LogP contribution in [-0.4, -0.2) is 29.9 Å². The Labute approximate surface area is 107 Å². The molecule has 1 aliphatic carbocycles. The molecule has 88 valence electrons. The first-order valence-electron chi connectivity index (χ1n) is 6.21. The fourth-order valence-electron chi connectivity index (χ4n) is 2.50. The van der Waals surface area contributed by atoms with E-state index in [1.807, 2.05) is 0 Å². The van der Waals surface area contributed by atoms with Crippen LogP contribution in [0.2, 0.25) is 0 Å². The second-order valence-corrected chi connectivity index (χ2v) is 5.33. The van der Waals surface area contributed by atoms with Crippen LogP contribution in [0.15, 0.2) is 24.3 Å². The highest BCUT2D eigenvalue weighted by Crippen LogP contribution is 2.35. The third-order valence-electron chi connectivity index (χ3n) is 3.50. The van der Waals surface area contributed by atoms with E-state index < -0.39 is 0 Å². The summed E-state index contributed by atoms with van der Waals surface area (Å²) in [5, 5.41) is 1.12. The van der Waals surface area contributed by atoms with Crippen LogP contribution in [0.1, 0.15) is 30.4 Å². The van der Waals surface area contributed by atoms with Crippen molar-refractivity contribution in [2.24, 2.45) is 0 Å². The van der Waals surface area contributed by atoms with Crippen LogP contribution in [0.4, 0.5) is 0 Å². The number of rotatable bonds is 6. The number of alkyl halides is 1. The third-order valence-corrected chi connectivity index (χ3v) is 4.06. The van der Waals surface area contributed by atoms with Gasteiger partial charge in [-0.25, -0.2) is 0 Å². The predicted octanol–water partition coefficient (Wildman–Crippen LogP) is 3.43. The largest absolute Gasteiger partial charge is 0.303 e. The maximum atomic E-state index is 3.50. The van der Waals surface area contributed by atoms with E-state index in [2.05, 4.69) is 52.0 Å². The molecule has 2 heteroatoms. The molecule has 16 heavy (non-hydrogen) atoms. The quantitative estimate of drug-likeness (QED) is 0.722. The van der Waals surface area contributed by atoms with Gasteiger partial charge in [-0.3, -0.25) is 0 Å². The molecule has 0 saturated heterocycles. The Morgan fingerprint density at radius 3 is 2.88 bits per heavy atom. The van der Waals surface area contributed by atoms with Crippen LogP contribution in [0.3, 0.4) is 0 Å². The summed E-state index contributed by atoms with van der Waals surface area (Å²) in [6, 6.07) is 8.87. The molecule has 0 N–H and O–H groups in total. The summed E-state index contributed by atoms with van der Waals surface area (Å²) >= 11 is 3.50. The normalized spacial score (nSPS) is 18.3. The van der Waals surface area contributed by atoms with Crippen LogP contribution >= 0.6 is 15.9 Å². The molecule has 2 rings (SSSR count). The third kappa shape index (κ3) is 2.67. The van der Waals surface area contributed by atoms with E-state index in [1.54, 1.807) is 11.1 Å². The molecule has 1 aliphatic rings. The number of nitrogens with zero attached hydrogens (tertiary/aromatic N) is 1. The molecular formula is C14H20BrN. The maximum Gasteiger partial charge on any atom is 0.00535 e. The van der Waals surface area contributed by atoms with Gasteiger partial charge >= 0.3 is 0 Å². The van der Waals surface area contributed by atoms with Gasteiger partial charge in [-0.15, -0.1) is 0 Å². The van der Waals surface area contributed by atoms with E-state index in [4.69, 9.17) is 0 Å². The second kappa shape index (κ2) is 5.83. The van der Waals surface area contributed by atoms with Crippen LogP contribution in [-0.2, 0) is 6.42 Å². The highest BCUT2D eigenvalue weighted by molar-refractivity contribution is 9.09. The lowest BCUT2D eigenvalue weighted by Crippen LogP contribution is -2.34. The van der Waals surface area contributed by atoms with Gasteiger partial charge in [-0.1, -0.05) is 47.1 Å². The highest BCUT2D eigenvalue weighted by Gasteiger charge is 2.26. The monoisotopic (exact) mass is 281 g/mol. The maximum absolute atomic E-state index is 3.50. The van der Waals surface area contributed by atoms with Gasteiger partial charge in [0, 0.05) is 17.8 Å². The van der Waals surface area contributed by atoms with Crippen molar-refractivity contribution in [3.63, 3.8) is 0 Å². The number of fused-ring (bicyclic) bond motifs is 1. The lowest BCUT2D eigenvalue weighted by Gasteiger charge is -2.34. The minimum atomic E-state index is 0.784. The van der Waals surface area contributed by atoms with Crippen molar-refractivity contribution in [2.75, 3.05) is 25.0 Å². The number of hydrogen-bond donors (Lipinski definition) is 0. The van der Waals surface area contributed by atoms with Gasteiger partial charge in [0.25, 0.3) is 0 Å². The van der Waals surface area contributed by atoms with E-state index >= 15 is 0 Å². The summed E-state index contributed by atoms with van der Waals surface area (Å²) < 4.78 is 0. The second-order valence-electron chi connectivity index (χ2n) is 4.54. The fourth-order valence-corrected chi connectivity index (χ4v) is 2.75. The average Bonchev–Trinajstić information content (AvgIpc) is 2.30. The van der Waals surface area contributed by atoms with Gasteiger partial charge in [-0.05, 0) is 37.1 Å². The molecular weight excluding hydrogens is 262 g/mol. The molecule has 0 bridgehead atoms. The summed E-state index contributed by atoms with van der Waals surface area (Å²) in [5.41, 5.74) is 3.14. The summed E-state index contributed by atoms with van der Waals surface area (Å²) in [4.78, 5) is 2.57. The van der Waals surface area contributed by atoms with Crippen LogP contribution < -0.4 is 0 Å². The number of hydrogen-bond acceptors (Lipinski definition) is 1. The zero-order valence-corrected chi connectivity index (χ0v) is 11.5. The molecule has 0 aliphatic heterocycles. The molecule has 1 aromatic carbocycles. The molecule has 0 amide bonds. The van der Waals surface area contributed by atoms with Crippen molar-refractivity contribution in [2.45, 2.75) is 25.7 Å². The van der Waals surface area contributed by atoms with Crippen molar-refractivity contribution in [1.29, 1.82) is 0 Å². The average molecular weight is 282 g/mol. The zero-order chi connectivity index (χ0) is 11.4. The summed E-state index contributed by atoms with van der Waals surface area (Å²) in [7, 11) is 0. The van der Waals surface area contributed by atoms with Gasteiger partial charge < -0.3 is 4.90 Å². The van der Waals surface area contributed by atoms with Gasteiger partial charge in [0.15, 0.2) is 0 Å².